The Kier molecular flexibility index (Phi) is 7.02. The molecule has 14 heavy (non-hydrogen) atoms. The number of rotatable bonds is 8. The first-order valence-corrected chi connectivity index (χ1v) is 5.87. The molecular formula is C7H18N2O4S. The normalized spacial score (nSPS) is 14.2. The summed E-state index contributed by atoms with van der Waals surface area (Å²) in [6, 6.07) is 0. The molecule has 0 radical (unpaired) electrons. The zero-order valence-corrected chi connectivity index (χ0v) is 9.30. The van der Waals surface area contributed by atoms with Crippen LogP contribution in [0.5, 0.6) is 0 Å². The largest absolute Gasteiger partial charge is 0.393 e. The smallest absolute Gasteiger partial charge is 0.276 e. The Hall–Kier alpha value is -0.210. The number of aliphatic hydroxyl groups is 1. The van der Waals surface area contributed by atoms with Gasteiger partial charge in [-0.1, -0.05) is 0 Å². The van der Waals surface area contributed by atoms with Crippen LogP contribution in [0.4, 0.5) is 0 Å². The topological polar surface area (TPSA) is 87.7 Å². The maximum atomic E-state index is 11.1. The Bertz CT molecular complexity index is 228. The van der Waals surface area contributed by atoms with Gasteiger partial charge >= 0.3 is 0 Å². The molecule has 0 aromatic carbocycles. The monoisotopic (exact) mass is 226 g/mol. The van der Waals surface area contributed by atoms with Crippen LogP contribution in [0, 0.1) is 0 Å². The molecule has 0 aromatic rings. The summed E-state index contributed by atoms with van der Waals surface area (Å²) in [5.74, 6) is 0. The van der Waals surface area contributed by atoms with E-state index in [1.807, 2.05) is 0 Å². The molecule has 0 fully saturated rings. The lowest BCUT2D eigenvalue weighted by Crippen LogP contribution is -2.39. The van der Waals surface area contributed by atoms with Crippen molar-refractivity contribution in [2.45, 2.75) is 19.4 Å². The molecule has 86 valence electrons. The van der Waals surface area contributed by atoms with Crippen molar-refractivity contribution in [3.63, 3.8) is 0 Å². The summed E-state index contributed by atoms with van der Waals surface area (Å²) in [4.78, 5) is 0. The summed E-state index contributed by atoms with van der Waals surface area (Å²) in [6.07, 6.45) is -0.109. The molecule has 7 heteroatoms. The third kappa shape index (κ3) is 8.39. The van der Waals surface area contributed by atoms with Crippen molar-refractivity contribution >= 4 is 10.2 Å². The number of hydrogen-bond acceptors (Lipinski definition) is 4. The van der Waals surface area contributed by atoms with Gasteiger partial charge in [-0.2, -0.15) is 13.1 Å². The average Bonchev–Trinajstić information content (AvgIpc) is 2.03. The zero-order chi connectivity index (χ0) is 11.0. The van der Waals surface area contributed by atoms with E-state index in [2.05, 4.69) is 14.2 Å². The summed E-state index contributed by atoms with van der Waals surface area (Å²) in [5, 5.41) is 8.89. The average molecular weight is 226 g/mol. The highest BCUT2D eigenvalue weighted by Crippen LogP contribution is 1.87. The van der Waals surface area contributed by atoms with Crippen LogP contribution in [-0.2, 0) is 14.9 Å². The quantitative estimate of drug-likeness (QED) is 0.455. The molecule has 1 atom stereocenters. The third-order valence-corrected chi connectivity index (χ3v) is 2.62. The number of methoxy groups -OCH3 is 1. The van der Waals surface area contributed by atoms with Crippen molar-refractivity contribution in [2.75, 3.05) is 26.8 Å². The second-order valence-electron chi connectivity index (χ2n) is 2.92. The molecule has 0 saturated heterocycles. The van der Waals surface area contributed by atoms with E-state index in [1.54, 1.807) is 6.92 Å². The lowest BCUT2D eigenvalue weighted by Gasteiger charge is -2.08. The molecular weight excluding hydrogens is 208 g/mol. The van der Waals surface area contributed by atoms with E-state index in [1.165, 1.54) is 7.11 Å². The fourth-order valence-electron chi connectivity index (χ4n) is 0.731. The Morgan fingerprint density at radius 1 is 1.36 bits per heavy atom. The van der Waals surface area contributed by atoms with E-state index >= 15 is 0 Å². The Morgan fingerprint density at radius 3 is 2.43 bits per heavy atom. The molecule has 0 heterocycles. The van der Waals surface area contributed by atoms with Crippen LogP contribution in [0.25, 0.3) is 0 Å². The van der Waals surface area contributed by atoms with Gasteiger partial charge < -0.3 is 9.84 Å². The van der Waals surface area contributed by atoms with Gasteiger partial charge in [0, 0.05) is 20.2 Å². The first kappa shape index (κ1) is 13.8. The highest BCUT2D eigenvalue weighted by atomic mass is 32.2. The predicted molar refractivity (Wildman–Crippen MR) is 53.1 cm³/mol. The molecule has 0 spiro atoms. The van der Waals surface area contributed by atoms with Crippen molar-refractivity contribution in [3.8, 4) is 0 Å². The van der Waals surface area contributed by atoms with Gasteiger partial charge in [0.25, 0.3) is 10.2 Å². The standard InChI is InChI=1S/C7H18N2O4S/c1-7(10)3-4-8-14(11,12)9-5-6-13-2/h7-10H,3-6H2,1-2H3. The van der Waals surface area contributed by atoms with Crippen molar-refractivity contribution in [2.24, 2.45) is 0 Å². The molecule has 0 saturated carbocycles. The Balaban J connectivity index is 3.62. The summed E-state index contributed by atoms with van der Waals surface area (Å²) >= 11 is 0. The number of nitrogens with one attached hydrogen (secondary N) is 2. The third-order valence-electron chi connectivity index (χ3n) is 1.45. The molecule has 0 aliphatic rings. The maximum Gasteiger partial charge on any atom is 0.276 e. The van der Waals surface area contributed by atoms with Gasteiger partial charge in [0.1, 0.15) is 0 Å². The lowest BCUT2D eigenvalue weighted by molar-refractivity contribution is 0.186. The van der Waals surface area contributed by atoms with Crippen LogP contribution >= 0.6 is 0 Å². The Labute approximate surface area is 84.8 Å². The fraction of sp³-hybridized carbons (Fsp3) is 1.00. The Morgan fingerprint density at radius 2 is 1.93 bits per heavy atom. The van der Waals surface area contributed by atoms with E-state index in [9.17, 15) is 8.42 Å². The van der Waals surface area contributed by atoms with E-state index in [0.29, 0.717) is 13.0 Å². The van der Waals surface area contributed by atoms with E-state index in [0.717, 1.165) is 0 Å². The number of hydrogen-bond donors (Lipinski definition) is 3. The maximum absolute atomic E-state index is 11.1. The van der Waals surface area contributed by atoms with Gasteiger partial charge in [0.2, 0.25) is 0 Å². The molecule has 0 aliphatic carbocycles. The van der Waals surface area contributed by atoms with E-state index in [4.69, 9.17) is 5.11 Å². The van der Waals surface area contributed by atoms with Gasteiger partial charge in [0.15, 0.2) is 0 Å². The minimum atomic E-state index is -3.44. The van der Waals surface area contributed by atoms with Gasteiger partial charge in [-0.05, 0) is 13.3 Å². The van der Waals surface area contributed by atoms with Crippen molar-refractivity contribution in [3.05, 3.63) is 0 Å². The molecule has 6 nitrogen and oxygen atoms in total. The zero-order valence-electron chi connectivity index (χ0n) is 8.49. The second-order valence-corrected chi connectivity index (χ2v) is 4.51. The summed E-state index contributed by atoms with van der Waals surface area (Å²) < 4.78 is 31.5. The van der Waals surface area contributed by atoms with E-state index < -0.39 is 16.3 Å². The van der Waals surface area contributed by atoms with Gasteiger partial charge in [-0.15, -0.1) is 0 Å². The van der Waals surface area contributed by atoms with Crippen molar-refractivity contribution in [1.82, 2.24) is 9.44 Å². The lowest BCUT2D eigenvalue weighted by atomic mass is 10.3. The van der Waals surface area contributed by atoms with Crippen LogP contribution in [0.2, 0.25) is 0 Å². The molecule has 0 amide bonds. The number of aliphatic hydroxyl groups excluding tert-OH is 1. The van der Waals surface area contributed by atoms with Gasteiger partial charge in [-0.25, -0.2) is 4.72 Å². The minimum absolute atomic E-state index is 0.222. The highest BCUT2D eigenvalue weighted by molar-refractivity contribution is 7.87. The molecule has 1 unspecified atom stereocenters. The van der Waals surface area contributed by atoms with Crippen LogP contribution in [0.1, 0.15) is 13.3 Å². The molecule has 0 aliphatic heterocycles. The first-order valence-electron chi connectivity index (χ1n) is 4.39. The fourth-order valence-corrected chi connectivity index (χ4v) is 1.57. The van der Waals surface area contributed by atoms with Crippen LogP contribution < -0.4 is 9.44 Å². The molecule has 0 rings (SSSR count). The molecule has 3 N–H and O–H groups in total. The molecule has 0 bridgehead atoms. The summed E-state index contributed by atoms with van der Waals surface area (Å²) in [7, 11) is -1.95. The molecule has 0 aromatic heterocycles. The summed E-state index contributed by atoms with van der Waals surface area (Å²) in [5.41, 5.74) is 0. The van der Waals surface area contributed by atoms with Crippen LogP contribution in [0.3, 0.4) is 0 Å². The van der Waals surface area contributed by atoms with Gasteiger partial charge in [0.05, 0.1) is 12.7 Å². The second kappa shape index (κ2) is 7.13. The SMILES string of the molecule is COCCNS(=O)(=O)NCCC(C)O. The summed E-state index contributed by atoms with van der Waals surface area (Å²) in [6.45, 7) is 2.39. The minimum Gasteiger partial charge on any atom is -0.393 e. The number of ether oxygens (including phenoxy) is 1. The first-order chi connectivity index (χ1) is 6.48. The van der Waals surface area contributed by atoms with Crippen molar-refractivity contribution in [1.29, 1.82) is 0 Å². The van der Waals surface area contributed by atoms with Gasteiger partial charge in [-0.3, -0.25) is 0 Å². The highest BCUT2D eigenvalue weighted by Gasteiger charge is 2.07. The van der Waals surface area contributed by atoms with Crippen LogP contribution in [0.15, 0.2) is 0 Å². The van der Waals surface area contributed by atoms with Crippen LogP contribution in [-0.4, -0.2) is 46.4 Å². The van der Waals surface area contributed by atoms with Crippen molar-refractivity contribution < 1.29 is 18.3 Å². The predicted octanol–water partition coefficient (Wildman–Crippen LogP) is -1.17. The van der Waals surface area contributed by atoms with E-state index in [-0.39, 0.29) is 13.1 Å².